The summed E-state index contributed by atoms with van der Waals surface area (Å²) < 4.78 is 5.22. The van der Waals surface area contributed by atoms with Gasteiger partial charge in [-0.25, -0.2) is 4.98 Å². The van der Waals surface area contributed by atoms with Gasteiger partial charge in [0.2, 0.25) is 0 Å². The van der Waals surface area contributed by atoms with E-state index in [4.69, 9.17) is 10.5 Å². The molecule has 1 aromatic heterocycles. The summed E-state index contributed by atoms with van der Waals surface area (Å²) in [5.74, 6) is 1.10. The number of rotatable bonds is 4. The summed E-state index contributed by atoms with van der Waals surface area (Å²) >= 11 is 0. The molecule has 0 spiro atoms. The molecule has 1 aliphatic rings. The van der Waals surface area contributed by atoms with Crippen molar-refractivity contribution in [3.05, 3.63) is 23.9 Å². The second-order valence-electron chi connectivity index (χ2n) is 5.19. The number of pyridine rings is 1. The minimum absolute atomic E-state index is 0.0283. The Bertz CT molecular complexity index is 426. The zero-order chi connectivity index (χ0) is 13.7. The monoisotopic (exact) mass is 262 g/mol. The maximum absolute atomic E-state index is 11.8. The largest absolute Gasteiger partial charge is 0.465 e. The van der Waals surface area contributed by atoms with Crippen molar-refractivity contribution in [1.29, 1.82) is 0 Å². The number of aromatic nitrogens is 1. The Hall–Kier alpha value is -1.58. The molecule has 1 saturated carbocycles. The maximum Gasteiger partial charge on any atom is 0.308 e. The zero-order valence-corrected chi connectivity index (χ0v) is 11.5. The fraction of sp³-hybridized carbons (Fsp3) is 0.600. The van der Waals surface area contributed by atoms with Crippen molar-refractivity contribution in [1.82, 2.24) is 4.98 Å². The van der Waals surface area contributed by atoms with Crippen molar-refractivity contribution in [3.63, 3.8) is 0 Å². The van der Waals surface area contributed by atoms with E-state index in [2.05, 4.69) is 4.98 Å². The van der Waals surface area contributed by atoms with Gasteiger partial charge < -0.3 is 10.5 Å². The van der Waals surface area contributed by atoms with E-state index >= 15 is 0 Å². The first kappa shape index (κ1) is 13.8. The van der Waals surface area contributed by atoms with Crippen LogP contribution < -0.4 is 5.73 Å². The summed E-state index contributed by atoms with van der Waals surface area (Å²) in [6.45, 7) is 2.55. The van der Waals surface area contributed by atoms with Gasteiger partial charge in [-0.1, -0.05) is 13.0 Å². The number of hydrogen-bond acceptors (Lipinski definition) is 4. The topological polar surface area (TPSA) is 65.2 Å². The maximum atomic E-state index is 11.8. The van der Waals surface area contributed by atoms with E-state index in [1.54, 1.807) is 6.20 Å². The third-order valence-electron chi connectivity index (χ3n) is 3.82. The highest BCUT2D eigenvalue weighted by molar-refractivity contribution is 5.72. The number of nitrogen functional groups attached to an aromatic ring is 1. The average Bonchev–Trinajstić information content (AvgIpc) is 2.45. The molecule has 0 atom stereocenters. The van der Waals surface area contributed by atoms with Crippen molar-refractivity contribution in [2.75, 3.05) is 12.3 Å². The normalized spacial score (nSPS) is 23.0. The molecule has 1 fully saturated rings. The van der Waals surface area contributed by atoms with Crippen molar-refractivity contribution in [2.45, 2.75) is 44.9 Å². The quantitative estimate of drug-likeness (QED) is 0.847. The molecule has 104 valence electrons. The van der Waals surface area contributed by atoms with Crippen LogP contribution >= 0.6 is 0 Å². The highest BCUT2D eigenvalue weighted by Gasteiger charge is 2.28. The van der Waals surface area contributed by atoms with Gasteiger partial charge in [-0.3, -0.25) is 4.79 Å². The summed E-state index contributed by atoms with van der Waals surface area (Å²) in [7, 11) is 0. The Morgan fingerprint density at radius 1 is 1.42 bits per heavy atom. The fourth-order valence-electron chi connectivity index (χ4n) is 2.74. The smallest absolute Gasteiger partial charge is 0.308 e. The second-order valence-corrected chi connectivity index (χ2v) is 5.19. The van der Waals surface area contributed by atoms with Gasteiger partial charge in [-0.05, 0) is 49.7 Å². The first-order valence-electron chi connectivity index (χ1n) is 7.09. The number of nitrogens with zero attached hydrogens (tertiary/aromatic N) is 1. The standard InChI is InChI=1S/C15H22N2O2/c1-2-10-19-15(18)12-7-5-11(6-8-12)13-4-3-9-17-14(13)16/h3-4,9,11-12H,2,5-8,10H2,1H3,(H2,16,17). The van der Waals surface area contributed by atoms with Crippen LogP contribution in [0.15, 0.2) is 18.3 Å². The van der Waals surface area contributed by atoms with Gasteiger partial charge in [-0.2, -0.15) is 0 Å². The van der Waals surface area contributed by atoms with Crippen LogP contribution in [0.25, 0.3) is 0 Å². The first-order chi connectivity index (χ1) is 9.22. The summed E-state index contributed by atoms with van der Waals surface area (Å²) in [5.41, 5.74) is 7.04. The number of esters is 1. The SMILES string of the molecule is CCCOC(=O)C1CCC(c2cccnc2N)CC1. The lowest BCUT2D eigenvalue weighted by atomic mass is 9.79. The molecule has 1 aliphatic carbocycles. The number of ether oxygens (including phenoxy) is 1. The minimum atomic E-state index is -0.0283. The third-order valence-corrected chi connectivity index (χ3v) is 3.82. The molecule has 2 rings (SSSR count). The Morgan fingerprint density at radius 3 is 2.79 bits per heavy atom. The molecule has 0 saturated heterocycles. The van der Waals surface area contributed by atoms with Gasteiger partial charge in [0.1, 0.15) is 5.82 Å². The van der Waals surface area contributed by atoms with Gasteiger partial charge >= 0.3 is 5.97 Å². The van der Waals surface area contributed by atoms with Crippen LogP contribution in [-0.4, -0.2) is 17.6 Å². The lowest BCUT2D eigenvalue weighted by molar-refractivity contribution is -0.149. The van der Waals surface area contributed by atoms with E-state index in [1.807, 2.05) is 19.1 Å². The molecule has 0 amide bonds. The van der Waals surface area contributed by atoms with Crippen molar-refractivity contribution in [3.8, 4) is 0 Å². The Kier molecular flexibility index (Phi) is 4.77. The Morgan fingerprint density at radius 2 is 2.16 bits per heavy atom. The molecule has 0 aliphatic heterocycles. The van der Waals surface area contributed by atoms with Gasteiger partial charge in [0, 0.05) is 6.20 Å². The molecular formula is C15H22N2O2. The van der Waals surface area contributed by atoms with Crippen LogP contribution in [-0.2, 0) is 9.53 Å². The molecule has 4 heteroatoms. The molecule has 2 N–H and O–H groups in total. The van der Waals surface area contributed by atoms with Crippen molar-refractivity contribution < 1.29 is 9.53 Å². The number of carbonyl (C=O) groups excluding carboxylic acids is 1. The van der Waals surface area contributed by atoms with E-state index in [1.165, 1.54) is 0 Å². The van der Waals surface area contributed by atoms with E-state index in [-0.39, 0.29) is 11.9 Å². The molecule has 0 aromatic carbocycles. The highest BCUT2D eigenvalue weighted by Crippen LogP contribution is 2.37. The number of carbonyl (C=O) groups is 1. The Balaban J connectivity index is 1.89. The molecule has 4 nitrogen and oxygen atoms in total. The molecular weight excluding hydrogens is 240 g/mol. The summed E-state index contributed by atoms with van der Waals surface area (Å²) in [4.78, 5) is 15.9. The first-order valence-corrected chi connectivity index (χ1v) is 7.09. The third kappa shape index (κ3) is 3.46. The summed E-state index contributed by atoms with van der Waals surface area (Å²) in [6, 6.07) is 3.97. The zero-order valence-electron chi connectivity index (χ0n) is 11.5. The van der Waals surface area contributed by atoms with Crippen LogP contribution in [0.1, 0.15) is 50.5 Å². The molecule has 0 radical (unpaired) electrons. The van der Waals surface area contributed by atoms with Crippen LogP contribution in [0, 0.1) is 5.92 Å². The predicted octanol–water partition coefficient (Wildman–Crippen LogP) is 2.89. The lowest BCUT2D eigenvalue weighted by Gasteiger charge is -2.27. The van der Waals surface area contributed by atoms with Crippen LogP contribution in [0.3, 0.4) is 0 Å². The van der Waals surface area contributed by atoms with Crippen LogP contribution in [0.4, 0.5) is 5.82 Å². The van der Waals surface area contributed by atoms with Crippen LogP contribution in [0.5, 0.6) is 0 Å². The minimum Gasteiger partial charge on any atom is -0.465 e. The average molecular weight is 262 g/mol. The van der Waals surface area contributed by atoms with Gasteiger partial charge in [0.15, 0.2) is 0 Å². The van der Waals surface area contributed by atoms with Crippen LogP contribution in [0.2, 0.25) is 0 Å². The highest BCUT2D eigenvalue weighted by atomic mass is 16.5. The molecule has 0 bridgehead atoms. The molecule has 0 unspecified atom stereocenters. The van der Waals surface area contributed by atoms with Gasteiger partial charge in [0.25, 0.3) is 0 Å². The van der Waals surface area contributed by atoms with Crippen molar-refractivity contribution in [2.24, 2.45) is 5.92 Å². The molecule has 1 heterocycles. The van der Waals surface area contributed by atoms with Crippen molar-refractivity contribution >= 4 is 11.8 Å². The predicted molar refractivity (Wildman–Crippen MR) is 74.6 cm³/mol. The molecule has 1 aromatic rings. The van der Waals surface area contributed by atoms with E-state index in [0.29, 0.717) is 18.3 Å². The lowest BCUT2D eigenvalue weighted by Crippen LogP contribution is -2.23. The number of anilines is 1. The van der Waals surface area contributed by atoms with Gasteiger partial charge in [0.05, 0.1) is 12.5 Å². The van der Waals surface area contributed by atoms with E-state index in [9.17, 15) is 4.79 Å². The fourth-order valence-corrected chi connectivity index (χ4v) is 2.74. The summed E-state index contributed by atoms with van der Waals surface area (Å²) in [6.07, 6.45) is 6.35. The van der Waals surface area contributed by atoms with E-state index < -0.39 is 0 Å². The second kappa shape index (κ2) is 6.55. The number of hydrogen-bond donors (Lipinski definition) is 1. The number of nitrogens with two attached hydrogens (primary N) is 1. The molecule has 19 heavy (non-hydrogen) atoms. The Labute approximate surface area is 114 Å². The van der Waals surface area contributed by atoms with Gasteiger partial charge in [-0.15, -0.1) is 0 Å². The van der Waals surface area contributed by atoms with E-state index in [0.717, 1.165) is 37.7 Å². The summed E-state index contributed by atoms with van der Waals surface area (Å²) in [5, 5.41) is 0.